The van der Waals surface area contributed by atoms with Crippen molar-refractivity contribution in [3.63, 3.8) is 0 Å². The molecule has 0 saturated carbocycles. The molecule has 2 N–H and O–H groups in total. The summed E-state index contributed by atoms with van der Waals surface area (Å²) in [6.07, 6.45) is 2.56. The molecule has 1 saturated heterocycles. The monoisotopic (exact) mass is 284 g/mol. The molecule has 1 fully saturated rings. The molecule has 1 aliphatic rings. The molecule has 2 aromatic carbocycles. The molecule has 1 heterocycles. The number of hydrogen-bond donors (Lipinski definition) is 1. The quantitative estimate of drug-likeness (QED) is 0.936. The Morgan fingerprint density at radius 3 is 2.67 bits per heavy atom. The van der Waals surface area contributed by atoms with Gasteiger partial charge in [-0.25, -0.2) is 0 Å². The third kappa shape index (κ3) is 2.76. The van der Waals surface area contributed by atoms with Gasteiger partial charge in [-0.1, -0.05) is 18.2 Å². The smallest absolute Gasteiger partial charge is 0.119 e. The van der Waals surface area contributed by atoms with Gasteiger partial charge in [0, 0.05) is 18.6 Å². The maximum Gasteiger partial charge on any atom is 0.119 e. The van der Waals surface area contributed by atoms with E-state index in [0.717, 1.165) is 12.3 Å². The van der Waals surface area contributed by atoms with Gasteiger partial charge in [0.2, 0.25) is 0 Å². The van der Waals surface area contributed by atoms with E-state index in [-0.39, 0.29) is 0 Å². The second-order valence-corrected chi connectivity index (χ2v) is 5.95. The van der Waals surface area contributed by atoms with Crippen molar-refractivity contribution in [2.24, 2.45) is 5.73 Å². The molecule has 1 aliphatic heterocycles. The van der Waals surface area contributed by atoms with Crippen molar-refractivity contribution >= 4 is 10.8 Å². The van der Waals surface area contributed by atoms with E-state index in [9.17, 15) is 0 Å². The van der Waals surface area contributed by atoms with Crippen molar-refractivity contribution in [2.45, 2.75) is 31.8 Å². The molecule has 0 bridgehead atoms. The van der Waals surface area contributed by atoms with Gasteiger partial charge in [0.05, 0.1) is 7.11 Å². The summed E-state index contributed by atoms with van der Waals surface area (Å²) < 4.78 is 5.29. The van der Waals surface area contributed by atoms with Gasteiger partial charge in [0.15, 0.2) is 0 Å². The van der Waals surface area contributed by atoms with Gasteiger partial charge in [-0.2, -0.15) is 0 Å². The molecule has 21 heavy (non-hydrogen) atoms. The maximum atomic E-state index is 6.07. The fourth-order valence-electron chi connectivity index (χ4n) is 3.46. The third-order valence-electron chi connectivity index (χ3n) is 4.68. The lowest BCUT2D eigenvalue weighted by molar-refractivity contribution is 0.195. The molecular weight excluding hydrogens is 260 g/mol. The van der Waals surface area contributed by atoms with Gasteiger partial charge in [0.1, 0.15) is 5.75 Å². The summed E-state index contributed by atoms with van der Waals surface area (Å²) in [4.78, 5) is 2.55. The van der Waals surface area contributed by atoms with E-state index >= 15 is 0 Å². The van der Waals surface area contributed by atoms with Crippen LogP contribution in [0.5, 0.6) is 5.75 Å². The third-order valence-corrected chi connectivity index (χ3v) is 4.68. The Kier molecular flexibility index (Phi) is 4.13. The van der Waals surface area contributed by atoms with Gasteiger partial charge >= 0.3 is 0 Å². The van der Waals surface area contributed by atoms with Crippen LogP contribution >= 0.6 is 0 Å². The summed E-state index contributed by atoms with van der Waals surface area (Å²) in [5.41, 5.74) is 7.40. The molecule has 0 amide bonds. The number of likely N-dealkylation sites (tertiary alicyclic amines) is 1. The summed E-state index contributed by atoms with van der Waals surface area (Å²) in [6, 6.07) is 13.8. The molecule has 0 spiro atoms. The zero-order valence-corrected chi connectivity index (χ0v) is 12.9. The zero-order valence-electron chi connectivity index (χ0n) is 12.9. The molecular formula is C18H24N2O. The van der Waals surface area contributed by atoms with Crippen molar-refractivity contribution in [3.05, 3.63) is 42.0 Å². The number of benzene rings is 2. The second kappa shape index (κ2) is 6.04. The number of nitrogens with zero attached hydrogens (tertiary/aromatic N) is 1. The van der Waals surface area contributed by atoms with E-state index in [0.29, 0.717) is 18.6 Å². The predicted octanol–water partition coefficient (Wildman–Crippen LogP) is 3.33. The first kappa shape index (κ1) is 14.4. The summed E-state index contributed by atoms with van der Waals surface area (Å²) in [6.45, 7) is 4.14. The lowest BCUT2D eigenvalue weighted by Gasteiger charge is -2.31. The standard InChI is InChI=1S/C18H24N2O/c1-13-4-3-9-20(13)18(12-19)16-6-5-15-11-17(21-2)8-7-14(15)10-16/h5-8,10-11,13,18H,3-4,9,12,19H2,1-2H3. The fraction of sp³-hybridized carbons (Fsp3) is 0.444. The number of nitrogens with two attached hydrogens (primary N) is 1. The molecule has 112 valence electrons. The summed E-state index contributed by atoms with van der Waals surface area (Å²) in [5.74, 6) is 0.902. The van der Waals surface area contributed by atoms with Crippen LogP contribution in [0, 0.1) is 0 Å². The van der Waals surface area contributed by atoms with Crippen LogP contribution < -0.4 is 10.5 Å². The van der Waals surface area contributed by atoms with Crippen LogP contribution in [-0.4, -0.2) is 31.1 Å². The molecule has 2 atom stereocenters. The molecule has 0 radical (unpaired) electrons. The maximum absolute atomic E-state index is 6.07. The van der Waals surface area contributed by atoms with Gasteiger partial charge < -0.3 is 10.5 Å². The van der Waals surface area contributed by atoms with Crippen molar-refractivity contribution < 1.29 is 4.74 Å². The number of fused-ring (bicyclic) bond motifs is 1. The van der Waals surface area contributed by atoms with Crippen LogP contribution in [0.2, 0.25) is 0 Å². The Morgan fingerprint density at radius 1 is 1.24 bits per heavy atom. The number of rotatable bonds is 4. The van der Waals surface area contributed by atoms with Crippen molar-refractivity contribution in [1.82, 2.24) is 4.90 Å². The minimum absolute atomic E-state index is 0.328. The summed E-state index contributed by atoms with van der Waals surface area (Å²) in [5, 5.41) is 2.46. The Labute approximate surface area is 126 Å². The largest absolute Gasteiger partial charge is 0.497 e. The van der Waals surface area contributed by atoms with E-state index in [1.165, 1.54) is 29.2 Å². The Morgan fingerprint density at radius 2 is 2.00 bits per heavy atom. The predicted molar refractivity (Wildman–Crippen MR) is 87.7 cm³/mol. The molecule has 3 nitrogen and oxygen atoms in total. The van der Waals surface area contributed by atoms with Gasteiger partial charge in [-0.15, -0.1) is 0 Å². The number of methoxy groups -OCH3 is 1. The first-order valence-electron chi connectivity index (χ1n) is 7.76. The van der Waals surface area contributed by atoms with Crippen LogP contribution in [0.25, 0.3) is 10.8 Å². The van der Waals surface area contributed by atoms with Crippen LogP contribution in [0.3, 0.4) is 0 Å². The second-order valence-electron chi connectivity index (χ2n) is 5.95. The molecule has 2 aromatic rings. The first-order chi connectivity index (χ1) is 10.2. The van der Waals surface area contributed by atoms with Gasteiger partial charge in [-0.3, -0.25) is 4.90 Å². The van der Waals surface area contributed by atoms with E-state index in [1.807, 2.05) is 6.07 Å². The highest BCUT2D eigenvalue weighted by Crippen LogP contribution is 2.31. The molecule has 2 unspecified atom stereocenters. The average Bonchev–Trinajstić information content (AvgIpc) is 2.93. The van der Waals surface area contributed by atoms with Crippen LogP contribution in [0.4, 0.5) is 0 Å². The van der Waals surface area contributed by atoms with E-state index in [2.05, 4.69) is 42.2 Å². The summed E-state index contributed by atoms with van der Waals surface area (Å²) in [7, 11) is 1.70. The molecule has 0 aliphatic carbocycles. The highest BCUT2D eigenvalue weighted by atomic mass is 16.5. The minimum Gasteiger partial charge on any atom is -0.497 e. The SMILES string of the molecule is COc1ccc2cc(C(CN)N3CCCC3C)ccc2c1. The minimum atomic E-state index is 0.328. The number of ether oxygens (including phenoxy) is 1. The van der Waals surface area contributed by atoms with Crippen LogP contribution in [0.1, 0.15) is 31.4 Å². The van der Waals surface area contributed by atoms with E-state index in [4.69, 9.17) is 10.5 Å². The van der Waals surface area contributed by atoms with Gasteiger partial charge in [-0.05, 0) is 60.8 Å². The van der Waals surface area contributed by atoms with Crippen molar-refractivity contribution in [3.8, 4) is 5.75 Å². The lowest BCUT2D eigenvalue weighted by atomic mass is 10.00. The fourth-order valence-corrected chi connectivity index (χ4v) is 3.46. The van der Waals surface area contributed by atoms with Crippen LogP contribution in [-0.2, 0) is 0 Å². The van der Waals surface area contributed by atoms with Crippen molar-refractivity contribution in [1.29, 1.82) is 0 Å². The van der Waals surface area contributed by atoms with Crippen molar-refractivity contribution in [2.75, 3.05) is 20.2 Å². The highest BCUT2D eigenvalue weighted by molar-refractivity contribution is 5.84. The molecule has 3 rings (SSSR count). The van der Waals surface area contributed by atoms with Crippen LogP contribution in [0.15, 0.2) is 36.4 Å². The Bertz CT molecular complexity index is 626. The first-order valence-corrected chi connectivity index (χ1v) is 7.76. The molecule has 3 heteroatoms. The van der Waals surface area contributed by atoms with E-state index in [1.54, 1.807) is 7.11 Å². The molecule has 0 aromatic heterocycles. The Balaban J connectivity index is 1.95. The Hall–Kier alpha value is -1.58. The average molecular weight is 284 g/mol. The van der Waals surface area contributed by atoms with Gasteiger partial charge in [0.25, 0.3) is 0 Å². The lowest BCUT2D eigenvalue weighted by Crippen LogP contribution is -2.35. The van der Waals surface area contributed by atoms with E-state index < -0.39 is 0 Å². The topological polar surface area (TPSA) is 38.5 Å². The summed E-state index contributed by atoms with van der Waals surface area (Å²) >= 11 is 0. The highest BCUT2D eigenvalue weighted by Gasteiger charge is 2.27. The normalized spacial score (nSPS) is 20.8. The zero-order chi connectivity index (χ0) is 14.8. The number of hydrogen-bond acceptors (Lipinski definition) is 3.